The highest BCUT2D eigenvalue weighted by atomic mass is 79.9. The van der Waals surface area contributed by atoms with Crippen molar-refractivity contribution in [1.82, 2.24) is 19.7 Å². The number of hydrogen-bond acceptors (Lipinski definition) is 5. The molecule has 1 aliphatic heterocycles. The second kappa shape index (κ2) is 5.08. The lowest BCUT2D eigenvalue weighted by Gasteiger charge is -2.33. The van der Waals surface area contributed by atoms with Crippen LogP contribution < -0.4 is 5.73 Å². The summed E-state index contributed by atoms with van der Waals surface area (Å²) in [5, 5.41) is 10.2. The number of aromatic nitrogens is 3. The van der Waals surface area contributed by atoms with E-state index in [2.05, 4.69) is 47.0 Å². The van der Waals surface area contributed by atoms with Gasteiger partial charge in [0.25, 0.3) is 0 Å². The molecule has 0 bridgehead atoms. The Bertz CT molecular complexity index is 537. The summed E-state index contributed by atoms with van der Waals surface area (Å²) in [4.78, 5) is 3.67. The van der Waals surface area contributed by atoms with Gasteiger partial charge in [-0.3, -0.25) is 4.90 Å². The van der Waals surface area contributed by atoms with Gasteiger partial charge >= 0.3 is 0 Å². The van der Waals surface area contributed by atoms with Crippen molar-refractivity contribution in [3.63, 3.8) is 0 Å². The van der Waals surface area contributed by atoms with Crippen LogP contribution in [0.2, 0.25) is 0 Å². The molecule has 1 unspecified atom stereocenters. The quantitative estimate of drug-likeness (QED) is 0.930. The van der Waals surface area contributed by atoms with Gasteiger partial charge in [-0.2, -0.15) is 0 Å². The summed E-state index contributed by atoms with van der Waals surface area (Å²) in [6.45, 7) is 3.35. The first-order chi connectivity index (χ1) is 8.79. The molecule has 0 saturated carbocycles. The number of hydrogen-bond donors (Lipinski definition) is 1. The number of nitrogens with zero attached hydrogens (tertiary/aromatic N) is 4. The highest BCUT2D eigenvalue weighted by molar-refractivity contribution is 9.10. The fourth-order valence-corrected chi connectivity index (χ4v) is 4.10. The summed E-state index contributed by atoms with van der Waals surface area (Å²) in [7, 11) is 0. The third kappa shape index (κ3) is 2.11. The molecule has 96 valence electrons. The first-order valence-electron chi connectivity index (χ1n) is 5.83. The smallest absolute Gasteiger partial charge is 0.147 e. The molecule has 2 aromatic heterocycles. The van der Waals surface area contributed by atoms with Crippen molar-refractivity contribution >= 4 is 27.3 Å². The summed E-state index contributed by atoms with van der Waals surface area (Å²) in [5.41, 5.74) is 5.96. The van der Waals surface area contributed by atoms with E-state index in [1.807, 2.05) is 0 Å². The fourth-order valence-electron chi connectivity index (χ4n) is 2.32. The van der Waals surface area contributed by atoms with Crippen molar-refractivity contribution in [1.29, 1.82) is 0 Å². The zero-order valence-corrected chi connectivity index (χ0v) is 12.2. The van der Waals surface area contributed by atoms with Crippen LogP contribution in [0.1, 0.15) is 16.7 Å². The van der Waals surface area contributed by atoms with Gasteiger partial charge in [-0.05, 0) is 27.4 Å². The number of thiophene rings is 1. The van der Waals surface area contributed by atoms with E-state index in [0.29, 0.717) is 6.54 Å². The molecule has 5 nitrogen and oxygen atoms in total. The average Bonchev–Trinajstić information content (AvgIpc) is 2.99. The van der Waals surface area contributed by atoms with E-state index in [9.17, 15) is 0 Å². The largest absolute Gasteiger partial charge is 0.329 e. The molecule has 0 amide bonds. The van der Waals surface area contributed by atoms with Crippen LogP contribution in [0.4, 0.5) is 0 Å². The monoisotopic (exact) mass is 327 g/mol. The van der Waals surface area contributed by atoms with Crippen molar-refractivity contribution in [2.45, 2.75) is 19.1 Å². The third-order valence-corrected chi connectivity index (χ3v) is 5.25. The van der Waals surface area contributed by atoms with Gasteiger partial charge in [0.15, 0.2) is 0 Å². The maximum atomic E-state index is 5.96. The summed E-state index contributed by atoms with van der Waals surface area (Å²) < 4.78 is 3.25. The predicted molar refractivity (Wildman–Crippen MR) is 74.2 cm³/mol. The summed E-state index contributed by atoms with van der Waals surface area (Å²) in [6, 6.07) is 2.33. The second-order valence-corrected chi connectivity index (χ2v) is 6.10. The topological polar surface area (TPSA) is 60.0 Å². The number of rotatable bonds is 3. The lowest BCUT2D eigenvalue weighted by molar-refractivity contribution is 0.158. The Kier molecular flexibility index (Phi) is 3.47. The Morgan fingerprint density at radius 2 is 2.39 bits per heavy atom. The van der Waals surface area contributed by atoms with Gasteiger partial charge in [0.2, 0.25) is 0 Å². The van der Waals surface area contributed by atoms with Crippen molar-refractivity contribution in [3.8, 4) is 0 Å². The highest BCUT2D eigenvalue weighted by Gasteiger charge is 2.26. The van der Waals surface area contributed by atoms with Crippen LogP contribution >= 0.6 is 27.3 Å². The van der Waals surface area contributed by atoms with E-state index in [4.69, 9.17) is 5.73 Å². The van der Waals surface area contributed by atoms with Gasteiger partial charge in [-0.1, -0.05) is 0 Å². The average molecular weight is 328 g/mol. The Morgan fingerprint density at radius 3 is 3.11 bits per heavy atom. The van der Waals surface area contributed by atoms with E-state index >= 15 is 0 Å². The Labute approximate surface area is 118 Å². The van der Waals surface area contributed by atoms with E-state index in [1.54, 1.807) is 17.7 Å². The first kappa shape index (κ1) is 12.3. The van der Waals surface area contributed by atoms with Crippen LogP contribution in [-0.4, -0.2) is 32.8 Å². The molecule has 2 aromatic rings. The summed E-state index contributed by atoms with van der Waals surface area (Å²) >= 11 is 5.34. The Morgan fingerprint density at radius 1 is 1.50 bits per heavy atom. The molecule has 1 aliphatic rings. The molecular formula is C11H14BrN5S. The zero-order valence-electron chi connectivity index (χ0n) is 9.79. The lowest BCUT2D eigenvalue weighted by Crippen LogP contribution is -2.39. The summed E-state index contributed by atoms with van der Waals surface area (Å²) in [6.07, 6.45) is 1.80. The SMILES string of the molecule is NCC(c1sccc1Br)N1CCn2cnnc2C1. The van der Waals surface area contributed by atoms with E-state index in [0.717, 1.165) is 29.9 Å². The second-order valence-electron chi connectivity index (χ2n) is 4.30. The lowest BCUT2D eigenvalue weighted by atomic mass is 10.2. The van der Waals surface area contributed by atoms with Gasteiger partial charge in [-0.15, -0.1) is 21.5 Å². The maximum Gasteiger partial charge on any atom is 0.147 e. The maximum absolute atomic E-state index is 5.96. The molecular weight excluding hydrogens is 314 g/mol. The fraction of sp³-hybridized carbons (Fsp3) is 0.455. The minimum Gasteiger partial charge on any atom is -0.329 e. The minimum absolute atomic E-state index is 0.254. The van der Waals surface area contributed by atoms with Crippen molar-refractivity contribution in [3.05, 3.63) is 32.9 Å². The Balaban J connectivity index is 1.84. The van der Waals surface area contributed by atoms with Gasteiger partial charge in [0, 0.05) is 29.0 Å². The van der Waals surface area contributed by atoms with Crippen molar-refractivity contribution in [2.24, 2.45) is 5.73 Å². The molecule has 18 heavy (non-hydrogen) atoms. The van der Waals surface area contributed by atoms with E-state index < -0.39 is 0 Å². The molecule has 0 radical (unpaired) electrons. The molecule has 0 spiro atoms. The molecule has 3 rings (SSSR count). The Hall–Kier alpha value is -0.760. The van der Waals surface area contributed by atoms with Gasteiger partial charge < -0.3 is 10.3 Å². The van der Waals surface area contributed by atoms with Crippen LogP contribution in [0.15, 0.2) is 22.2 Å². The van der Waals surface area contributed by atoms with Crippen LogP contribution in [0.5, 0.6) is 0 Å². The number of nitrogens with two attached hydrogens (primary N) is 1. The highest BCUT2D eigenvalue weighted by Crippen LogP contribution is 2.33. The normalized spacial score (nSPS) is 17.7. The van der Waals surface area contributed by atoms with E-state index in [-0.39, 0.29) is 6.04 Å². The van der Waals surface area contributed by atoms with Crippen LogP contribution in [0.3, 0.4) is 0 Å². The van der Waals surface area contributed by atoms with Gasteiger partial charge in [0.1, 0.15) is 12.2 Å². The van der Waals surface area contributed by atoms with Crippen LogP contribution in [0, 0.1) is 0 Å². The zero-order chi connectivity index (χ0) is 12.5. The predicted octanol–water partition coefficient (Wildman–Crippen LogP) is 1.62. The van der Waals surface area contributed by atoms with Gasteiger partial charge in [-0.25, -0.2) is 0 Å². The van der Waals surface area contributed by atoms with Crippen molar-refractivity contribution < 1.29 is 0 Å². The molecule has 0 saturated heterocycles. The molecule has 0 fully saturated rings. The minimum atomic E-state index is 0.254. The van der Waals surface area contributed by atoms with Crippen molar-refractivity contribution in [2.75, 3.05) is 13.1 Å². The number of fused-ring (bicyclic) bond motifs is 1. The van der Waals surface area contributed by atoms with E-state index in [1.165, 1.54) is 4.88 Å². The van der Waals surface area contributed by atoms with Crippen LogP contribution in [0.25, 0.3) is 0 Å². The molecule has 7 heteroatoms. The number of halogens is 1. The van der Waals surface area contributed by atoms with Crippen LogP contribution in [-0.2, 0) is 13.1 Å². The summed E-state index contributed by atoms with van der Waals surface area (Å²) in [5.74, 6) is 1.02. The standard InChI is InChI=1S/C11H14BrN5S/c12-8-1-4-18-11(8)9(5-13)16-2-3-17-7-14-15-10(17)6-16/h1,4,7,9H,2-3,5-6,13H2. The molecule has 3 heterocycles. The molecule has 0 aliphatic carbocycles. The molecule has 0 aromatic carbocycles. The third-order valence-electron chi connectivity index (χ3n) is 3.28. The molecule has 2 N–H and O–H groups in total. The molecule has 1 atom stereocenters. The first-order valence-corrected chi connectivity index (χ1v) is 7.50. The van der Waals surface area contributed by atoms with Gasteiger partial charge in [0.05, 0.1) is 12.6 Å².